The number of carbonyl (C=O) groups excluding carboxylic acids is 1. The molecule has 2 aliphatic rings. The largest absolute Gasteiger partial charge is 0.444 e. The number of rotatable bonds is 0. The maximum Gasteiger partial charge on any atom is 0.411 e. The van der Waals surface area contributed by atoms with Gasteiger partial charge >= 0.3 is 6.09 Å². The second-order valence-corrected chi connectivity index (χ2v) is 5.72. The van der Waals surface area contributed by atoms with Crippen molar-refractivity contribution < 1.29 is 9.53 Å². The second-order valence-electron chi connectivity index (χ2n) is 5.72. The summed E-state index contributed by atoms with van der Waals surface area (Å²) in [6, 6.07) is 2.53. The van der Waals surface area contributed by atoms with E-state index in [-0.39, 0.29) is 12.1 Å². The predicted octanol–water partition coefficient (Wildman–Crippen LogP) is 2.44. The molecule has 0 unspecified atom stereocenters. The Morgan fingerprint density at radius 1 is 1.44 bits per heavy atom. The van der Waals surface area contributed by atoms with E-state index >= 15 is 0 Å². The zero-order valence-electron chi connectivity index (χ0n) is 10.1. The molecule has 2 fully saturated rings. The topological polar surface area (TPSA) is 53.3 Å². The van der Waals surface area contributed by atoms with E-state index in [9.17, 15) is 10.1 Å². The lowest BCUT2D eigenvalue weighted by Crippen LogP contribution is -2.46. The molecule has 0 aromatic carbocycles. The Kier molecular flexibility index (Phi) is 2.37. The van der Waals surface area contributed by atoms with Gasteiger partial charge < -0.3 is 4.74 Å². The van der Waals surface area contributed by atoms with Crippen molar-refractivity contribution >= 4 is 6.09 Å². The van der Waals surface area contributed by atoms with Gasteiger partial charge in [0.2, 0.25) is 0 Å². The van der Waals surface area contributed by atoms with Crippen LogP contribution in [0.1, 0.15) is 46.5 Å². The highest BCUT2D eigenvalue weighted by molar-refractivity contribution is 5.71. The van der Waals surface area contributed by atoms with Gasteiger partial charge in [-0.2, -0.15) is 5.26 Å². The Morgan fingerprint density at radius 2 is 2.00 bits per heavy atom. The first-order valence-electron chi connectivity index (χ1n) is 5.81. The quantitative estimate of drug-likeness (QED) is 0.632. The van der Waals surface area contributed by atoms with E-state index in [1.807, 2.05) is 20.8 Å². The average molecular weight is 222 g/mol. The number of nitriles is 1. The van der Waals surface area contributed by atoms with Gasteiger partial charge in [0, 0.05) is 6.04 Å². The Bertz CT molecular complexity index is 343. The zero-order valence-corrected chi connectivity index (χ0v) is 10.1. The fourth-order valence-corrected chi connectivity index (χ4v) is 2.73. The average Bonchev–Trinajstić information content (AvgIpc) is 2.70. The summed E-state index contributed by atoms with van der Waals surface area (Å²) in [6.45, 7) is 5.55. The first kappa shape index (κ1) is 11.3. The fraction of sp³-hybridized carbons (Fsp3) is 0.833. The predicted molar refractivity (Wildman–Crippen MR) is 58.7 cm³/mol. The molecule has 2 rings (SSSR count). The lowest BCUT2D eigenvalue weighted by molar-refractivity contribution is 0.0159. The van der Waals surface area contributed by atoms with Crippen molar-refractivity contribution in [1.82, 2.24) is 4.90 Å². The molecule has 1 amide bonds. The number of hydrogen-bond donors (Lipinski definition) is 0. The van der Waals surface area contributed by atoms with Gasteiger partial charge in [-0.25, -0.2) is 4.79 Å². The van der Waals surface area contributed by atoms with Crippen molar-refractivity contribution in [3.8, 4) is 6.07 Å². The third-order valence-electron chi connectivity index (χ3n) is 3.41. The van der Waals surface area contributed by atoms with E-state index in [0.29, 0.717) is 0 Å². The van der Waals surface area contributed by atoms with Crippen molar-refractivity contribution in [2.45, 2.75) is 63.6 Å². The molecule has 0 radical (unpaired) electrons. The van der Waals surface area contributed by atoms with E-state index in [2.05, 4.69) is 6.07 Å². The van der Waals surface area contributed by atoms with E-state index in [1.54, 1.807) is 4.90 Å². The summed E-state index contributed by atoms with van der Waals surface area (Å²) in [4.78, 5) is 13.7. The highest BCUT2D eigenvalue weighted by Crippen LogP contribution is 2.46. The summed E-state index contributed by atoms with van der Waals surface area (Å²) in [5, 5.41) is 9.26. The molecule has 0 aliphatic carbocycles. The van der Waals surface area contributed by atoms with Gasteiger partial charge in [0.1, 0.15) is 11.1 Å². The molecular weight excluding hydrogens is 204 g/mol. The maximum atomic E-state index is 12.0. The van der Waals surface area contributed by atoms with E-state index in [1.165, 1.54) is 0 Å². The summed E-state index contributed by atoms with van der Waals surface area (Å²) in [7, 11) is 0. The minimum absolute atomic E-state index is 0.217. The number of fused-ring (bicyclic) bond motifs is 2. The van der Waals surface area contributed by atoms with Gasteiger partial charge in [0.15, 0.2) is 0 Å². The Labute approximate surface area is 96.2 Å². The van der Waals surface area contributed by atoms with Crippen LogP contribution in [0.25, 0.3) is 0 Å². The molecule has 2 saturated heterocycles. The molecule has 2 aliphatic heterocycles. The van der Waals surface area contributed by atoms with Gasteiger partial charge in [-0.1, -0.05) is 0 Å². The van der Waals surface area contributed by atoms with E-state index < -0.39 is 11.1 Å². The Morgan fingerprint density at radius 3 is 2.44 bits per heavy atom. The molecular formula is C12H18N2O2. The number of amides is 1. The van der Waals surface area contributed by atoms with Crippen LogP contribution in [0.2, 0.25) is 0 Å². The molecule has 0 atom stereocenters. The molecule has 16 heavy (non-hydrogen) atoms. The zero-order chi connectivity index (χ0) is 12.0. The lowest BCUT2D eigenvalue weighted by atomic mass is 9.89. The van der Waals surface area contributed by atoms with Crippen LogP contribution in [0.4, 0.5) is 4.79 Å². The molecule has 0 aromatic heterocycles. The number of nitrogens with zero attached hydrogens (tertiary/aromatic N) is 2. The van der Waals surface area contributed by atoms with Gasteiger partial charge in [0.05, 0.1) is 6.07 Å². The standard InChI is InChI=1S/C12H18N2O2/c1-11(2,3)16-10(15)14-9-4-6-12(14,8-13)7-5-9/h9H,4-7H2,1-3H3. The second kappa shape index (κ2) is 3.38. The van der Waals surface area contributed by atoms with Crippen molar-refractivity contribution in [2.75, 3.05) is 0 Å². The van der Waals surface area contributed by atoms with Crippen LogP contribution in [-0.2, 0) is 4.74 Å². The molecule has 4 heteroatoms. The minimum Gasteiger partial charge on any atom is -0.444 e. The van der Waals surface area contributed by atoms with E-state index in [4.69, 9.17) is 4.74 Å². The number of carbonyl (C=O) groups is 1. The fourth-order valence-electron chi connectivity index (χ4n) is 2.73. The third kappa shape index (κ3) is 1.64. The molecule has 88 valence electrons. The maximum absolute atomic E-state index is 12.0. The SMILES string of the molecule is CC(C)(C)OC(=O)N1C2CCC1(C#N)CC2. The summed E-state index contributed by atoms with van der Waals surface area (Å²) in [5.41, 5.74) is -1.07. The van der Waals surface area contributed by atoms with Gasteiger partial charge in [0.25, 0.3) is 0 Å². The van der Waals surface area contributed by atoms with Crippen molar-refractivity contribution in [1.29, 1.82) is 5.26 Å². The van der Waals surface area contributed by atoms with Crippen LogP contribution in [0, 0.1) is 11.3 Å². The first-order chi connectivity index (χ1) is 7.38. The van der Waals surface area contributed by atoms with Gasteiger partial charge in [-0.05, 0) is 46.5 Å². The first-order valence-corrected chi connectivity index (χ1v) is 5.81. The van der Waals surface area contributed by atoms with Crippen LogP contribution in [0.5, 0.6) is 0 Å². The Balaban J connectivity index is 2.16. The molecule has 2 heterocycles. The summed E-state index contributed by atoms with van der Waals surface area (Å²) < 4.78 is 5.37. The number of hydrogen-bond acceptors (Lipinski definition) is 3. The van der Waals surface area contributed by atoms with Crippen LogP contribution in [0.15, 0.2) is 0 Å². The van der Waals surface area contributed by atoms with E-state index in [0.717, 1.165) is 25.7 Å². The minimum atomic E-state index is -0.576. The van der Waals surface area contributed by atoms with Crippen molar-refractivity contribution in [3.63, 3.8) is 0 Å². The molecule has 4 nitrogen and oxygen atoms in total. The molecule has 2 bridgehead atoms. The van der Waals surface area contributed by atoms with Gasteiger partial charge in [-0.3, -0.25) is 4.90 Å². The van der Waals surface area contributed by atoms with Crippen molar-refractivity contribution in [3.05, 3.63) is 0 Å². The molecule has 0 aromatic rings. The summed E-state index contributed by atoms with van der Waals surface area (Å²) in [5.74, 6) is 0. The van der Waals surface area contributed by atoms with Crippen LogP contribution < -0.4 is 0 Å². The summed E-state index contributed by atoms with van der Waals surface area (Å²) in [6.07, 6.45) is 3.15. The Hall–Kier alpha value is -1.24. The van der Waals surface area contributed by atoms with Gasteiger partial charge in [-0.15, -0.1) is 0 Å². The van der Waals surface area contributed by atoms with Crippen LogP contribution in [0.3, 0.4) is 0 Å². The smallest absolute Gasteiger partial charge is 0.411 e. The van der Waals surface area contributed by atoms with Crippen LogP contribution >= 0.6 is 0 Å². The normalized spacial score (nSPS) is 32.6. The van der Waals surface area contributed by atoms with Crippen molar-refractivity contribution in [2.24, 2.45) is 0 Å². The van der Waals surface area contributed by atoms with Crippen LogP contribution in [-0.4, -0.2) is 28.2 Å². The molecule has 0 spiro atoms. The highest BCUT2D eigenvalue weighted by atomic mass is 16.6. The number of ether oxygens (including phenoxy) is 1. The lowest BCUT2D eigenvalue weighted by Gasteiger charge is -2.31. The monoisotopic (exact) mass is 222 g/mol. The molecule has 0 N–H and O–H groups in total. The third-order valence-corrected chi connectivity index (χ3v) is 3.41. The molecule has 0 saturated carbocycles. The highest BCUT2D eigenvalue weighted by Gasteiger charge is 2.55. The summed E-state index contributed by atoms with van der Waals surface area (Å²) >= 11 is 0.